The summed E-state index contributed by atoms with van der Waals surface area (Å²) in [6.45, 7) is 8.00. The van der Waals surface area contributed by atoms with Gasteiger partial charge < -0.3 is 15.4 Å². The number of aromatic nitrogens is 3. The number of rotatable bonds is 11. The third-order valence-corrected chi connectivity index (χ3v) is 3.37. The molecule has 2 N–H and O–H groups in total. The molecule has 1 aromatic heterocycles. The van der Waals surface area contributed by atoms with Crippen molar-refractivity contribution in [3.8, 4) is 6.01 Å². The summed E-state index contributed by atoms with van der Waals surface area (Å²) >= 11 is 0. The van der Waals surface area contributed by atoms with Crippen molar-refractivity contribution in [2.24, 2.45) is 5.92 Å². The molecule has 0 saturated heterocycles. The van der Waals surface area contributed by atoms with E-state index in [0.29, 0.717) is 30.4 Å². The Bertz CT molecular complexity index is 400. The maximum Gasteiger partial charge on any atom is 0.323 e. The summed E-state index contributed by atoms with van der Waals surface area (Å²) in [4.78, 5) is 12.8. The van der Waals surface area contributed by atoms with Crippen molar-refractivity contribution in [3.63, 3.8) is 0 Å². The lowest BCUT2D eigenvalue weighted by Gasteiger charge is -2.15. The zero-order valence-corrected chi connectivity index (χ0v) is 13.8. The molecule has 0 amide bonds. The molecule has 0 aliphatic heterocycles. The van der Waals surface area contributed by atoms with E-state index in [1.165, 1.54) is 19.3 Å². The Kier molecular flexibility index (Phi) is 8.47. The monoisotopic (exact) mass is 295 g/mol. The minimum absolute atomic E-state index is 0.375. The summed E-state index contributed by atoms with van der Waals surface area (Å²) in [7, 11) is 1.79. The van der Waals surface area contributed by atoms with Gasteiger partial charge in [-0.05, 0) is 18.8 Å². The van der Waals surface area contributed by atoms with Gasteiger partial charge in [0, 0.05) is 13.6 Å². The molecule has 21 heavy (non-hydrogen) atoms. The molecule has 6 nitrogen and oxygen atoms in total. The molecule has 1 heterocycles. The van der Waals surface area contributed by atoms with E-state index in [1.807, 2.05) is 0 Å². The zero-order valence-electron chi connectivity index (χ0n) is 13.8. The van der Waals surface area contributed by atoms with Gasteiger partial charge in [-0.1, -0.05) is 40.0 Å². The van der Waals surface area contributed by atoms with Crippen molar-refractivity contribution in [2.45, 2.75) is 52.9 Å². The first kappa shape index (κ1) is 17.5. The van der Waals surface area contributed by atoms with Crippen molar-refractivity contribution in [1.82, 2.24) is 15.0 Å². The Morgan fingerprint density at radius 1 is 1.05 bits per heavy atom. The number of hydrogen-bond acceptors (Lipinski definition) is 6. The average molecular weight is 295 g/mol. The average Bonchev–Trinajstić information content (AvgIpc) is 2.52. The molecule has 120 valence electrons. The fourth-order valence-corrected chi connectivity index (χ4v) is 1.98. The molecular weight excluding hydrogens is 266 g/mol. The lowest BCUT2D eigenvalue weighted by molar-refractivity contribution is 0.292. The van der Waals surface area contributed by atoms with Crippen LogP contribution in [-0.4, -0.2) is 35.2 Å². The number of nitrogens with one attached hydrogen (secondary N) is 2. The van der Waals surface area contributed by atoms with Crippen LogP contribution in [0.2, 0.25) is 0 Å². The topological polar surface area (TPSA) is 72.0 Å². The van der Waals surface area contributed by atoms with Crippen LogP contribution in [0.15, 0.2) is 0 Å². The second-order valence-electron chi connectivity index (χ2n) is 5.16. The predicted molar refractivity (Wildman–Crippen MR) is 87.0 cm³/mol. The molecule has 1 atom stereocenters. The molecule has 1 aromatic rings. The number of ether oxygens (including phenoxy) is 1. The lowest BCUT2D eigenvalue weighted by Crippen LogP contribution is -2.16. The number of unbranched alkanes of at least 4 members (excludes halogenated alkanes) is 1. The first-order valence-corrected chi connectivity index (χ1v) is 8.03. The fraction of sp³-hybridized carbons (Fsp3) is 0.800. The predicted octanol–water partition coefficient (Wildman–Crippen LogP) is 3.33. The SMILES string of the molecule is CCCCC(CC)CNc1nc(NC)nc(OCCC)n1. The minimum atomic E-state index is 0.375. The van der Waals surface area contributed by atoms with E-state index in [-0.39, 0.29) is 0 Å². The van der Waals surface area contributed by atoms with E-state index in [2.05, 4.69) is 46.4 Å². The first-order chi connectivity index (χ1) is 10.2. The van der Waals surface area contributed by atoms with Gasteiger partial charge in [-0.25, -0.2) is 0 Å². The highest BCUT2D eigenvalue weighted by Gasteiger charge is 2.09. The second-order valence-corrected chi connectivity index (χ2v) is 5.16. The molecule has 1 rings (SSSR count). The van der Waals surface area contributed by atoms with E-state index in [9.17, 15) is 0 Å². The summed E-state index contributed by atoms with van der Waals surface area (Å²) in [6.07, 6.45) is 5.84. The normalized spacial score (nSPS) is 12.0. The van der Waals surface area contributed by atoms with Gasteiger partial charge in [0.2, 0.25) is 11.9 Å². The van der Waals surface area contributed by atoms with E-state index in [4.69, 9.17) is 4.74 Å². The Morgan fingerprint density at radius 2 is 1.81 bits per heavy atom. The Hall–Kier alpha value is -1.59. The van der Waals surface area contributed by atoms with Crippen molar-refractivity contribution in [2.75, 3.05) is 30.8 Å². The van der Waals surface area contributed by atoms with Crippen molar-refractivity contribution in [1.29, 1.82) is 0 Å². The molecule has 0 spiro atoms. The Morgan fingerprint density at radius 3 is 2.43 bits per heavy atom. The maximum atomic E-state index is 5.49. The summed E-state index contributed by atoms with van der Waals surface area (Å²) in [5.74, 6) is 1.76. The lowest BCUT2D eigenvalue weighted by atomic mass is 9.99. The van der Waals surface area contributed by atoms with Crippen LogP contribution in [0.3, 0.4) is 0 Å². The standard InChI is InChI=1S/C15H29N5O/c1-5-8-9-12(7-3)11-17-14-18-13(16-4)19-15(20-14)21-10-6-2/h12H,5-11H2,1-4H3,(H2,16,17,18,19,20). The number of hydrogen-bond donors (Lipinski definition) is 2. The quantitative estimate of drug-likeness (QED) is 0.652. The second kappa shape index (κ2) is 10.2. The third-order valence-electron chi connectivity index (χ3n) is 3.37. The molecule has 0 aromatic carbocycles. The summed E-state index contributed by atoms with van der Waals surface area (Å²) in [6, 6.07) is 0.375. The van der Waals surface area contributed by atoms with Crippen LogP contribution in [0.25, 0.3) is 0 Å². The molecule has 0 fully saturated rings. The van der Waals surface area contributed by atoms with Gasteiger partial charge >= 0.3 is 6.01 Å². The van der Waals surface area contributed by atoms with E-state index in [1.54, 1.807) is 7.05 Å². The van der Waals surface area contributed by atoms with Gasteiger partial charge in [-0.2, -0.15) is 15.0 Å². The van der Waals surface area contributed by atoms with Gasteiger partial charge in [0.1, 0.15) is 0 Å². The third kappa shape index (κ3) is 6.60. The van der Waals surface area contributed by atoms with E-state index < -0.39 is 0 Å². The summed E-state index contributed by atoms with van der Waals surface area (Å²) < 4.78 is 5.49. The highest BCUT2D eigenvalue weighted by Crippen LogP contribution is 2.15. The fourth-order valence-electron chi connectivity index (χ4n) is 1.98. The van der Waals surface area contributed by atoms with Crippen LogP contribution < -0.4 is 15.4 Å². The van der Waals surface area contributed by atoms with E-state index in [0.717, 1.165) is 19.4 Å². The zero-order chi connectivity index (χ0) is 15.5. The summed E-state index contributed by atoms with van der Waals surface area (Å²) in [5, 5.41) is 6.25. The first-order valence-electron chi connectivity index (χ1n) is 8.03. The smallest absolute Gasteiger partial charge is 0.323 e. The Labute approximate surface area is 128 Å². The molecule has 0 radical (unpaired) electrons. The van der Waals surface area contributed by atoms with Crippen LogP contribution >= 0.6 is 0 Å². The van der Waals surface area contributed by atoms with Crippen molar-refractivity contribution < 1.29 is 4.74 Å². The molecule has 0 bridgehead atoms. The van der Waals surface area contributed by atoms with Gasteiger partial charge in [0.15, 0.2) is 0 Å². The van der Waals surface area contributed by atoms with Gasteiger partial charge in [-0.15, -0.1) is 0 Å². The number of nitrogens with zero attached hydrogens (tertiary/aromatic N) is 3. The van der Waals surface area contributed by atoms with Crippen LogP contribution in [0.5, 0.6) is 6.01 Å². The molecule has 1 unspecified atom stereocenters. The van der Waals surface area contributed by atoms with Gasteiger partial charge in [-0.3, -0.25) is 0 Å². The van der Waals surface area contributed by atoms with Crippen molar-refractivity contribution in [3.05, 3.63) is 0 Å². The van der Waals surface area contributed by atoms with Crippen LogP contribution in [-0.2, 0) is 0 Å². The van der Waals surface area contributed by atoms with E-state index >= 15 is 0 Å². The minimum Gasteiger partial charge on any atom is -0.463 e. The van der Waals surface area contributed by atoms with Crippen LogP contribution in [0.4, 0.5) is 11.9 Å². The van der Waals surface area contributed by atoms with Gasteiger partial charge in [0.05, 0.1) is 6.61 Å². The van der Waals surface area contributed by atoms with Crippen molar-refractivity contribution >= 4 is 11.9 Å². The molecule has 0 saturated carbocycles. The number of anilines is 2. The highest BCUT2D eigenvalue weighted by atomic mass is 16.5. The van der Waals surface area contributed by atoms with Crippen LogP contribution in [0.1, 0.15) is 52.9 Å². The largest absolute Gasteiger partial charge is 0.463 e. The molecule has 6 heteroatoms. The maximum absolute atomic E-state index is 5.49. The van der Waals surface area contributed by atoms with Crippen LogP contribution in [0, 0.1) is 5.92 Å². The van der Waals surface area contributed by atoms with Gasteiger partial charge in [0.25, 0.3) is 0 Å². The molecular formula is C15H29N5O. The Balaban J connectivity index is 2.63. The summed E-state index contributed by atoms with van der Waals surface area (Å²) in [5.41, 5.74) is 0. The molecule has 0 aliphatic carbocycles. The highest BCUT2D eigenvalue weighted by molar-refractivity contribution is 5.35. The molecule has 0 aliphatic rings.